The van der Waals surface area contributed by atoms with Crippen molar-refractivity contribution in [1.82, 2.24) is 4.90 Å². The second kappa shape index (κ2) is 8.22. The maximum absolute atomic E-state index is 12.8. The van der Waals surface area contributed by atoms with E-state index in [-0.39, 0.29) is 35.1 Å². The molecule has 134 valence electrons. The number of benzene rings is 1. The zero-order valence-electron chi connectivity index (χ0n) is 14.1. The van der Waals surface area contributed by atoms with E-state index in [9.17, 15) is 9.59 Å². The molecule has 2 amide bonds. The Bertz CT molecular complexity index is 764. The molecule has 0 unspecified atom stereocenters. The van der Waals surface area contributed by atoms with Gasteiger partial charge >= 0.3 is 0 Å². The third-order valence-electron chi connectivity index (χ3n) is 3.69. The molecule has 1 heterocycles. The van der Waals surface area contributed by atoms with Gasteiger partial charge in [-0.25, -0.2) is 0 Å². The van der Waals surface area contributed by atoms with Crippen LogP contribution < -0.4 is 15.2 Å². The van der Waals surface area contributed by atoms with Gasteiger partial charge in [0.05, 0.1) is 18.2 Å². The predicted molar refractivity (Wildman–Crippen MR) is 97.5 cm³/mol. The summed E-state index contributed by atoms with van der Waals surface area (Å²) in [5.41, 5.74) is 5.43. The van der Waals surface area contributed by atoms with Gasteiger partial charge in [-0.3, -0.25) is 9.59 Å². The second-order valence-electron chi connectivity index (χ2n) is 5.35. The van der Waals surface area contributed by atoms with Crippen LogP contribution in [0, 0.1) is 0 Å². The van der Waals surface area contributed by atoms with E-state index in [1.165, 1.54) is 19.2 Å². The zero-order valence-corrected chi connectivity index (χ0v) is 15.7. The first-order chi connectivity index (χ1) is 11.8. The fourth-order valence-electron chi connectivity index (χ4n) is 2.23. The van der Waals surface area contributed by atoms with Crippen molar-refractivity contribution >= 4 is 34.8 Å². The first kappa shape index (κ1) is 19.1. The van der Waals surface area contributed by atoms with Gasteiger partial charge in [-0.2, -0.15) is 0 Å². The predicted octanol–water partition coefficient (Wildman–Crippen LogP) is 3.11. The number of nitrogens with two attached hydrogens (primary N) is 1. The van der Waals surface area contributed by atoms with Gasteiger partial charge in [0.15, 0.2) is 18.1 Å². The van der Waals surface area contributed by atoms with Crippen LogP contribution in [-0.4, -0.2) is 37.5 Å². The van der Waals surface area contributed by atoms with Crippen LogP contribution in [0.1, 0.15) is 28.2 Å². The molecule has 0 radical (unpaired) electrons. The Morgan fingerprint density at radius 1 is 1.40 bits per heavy atom. The SMILES string of the molecule is COc1cc(C(=O)N(C)[C@H](C)c2cccs2)cc(Cl)c1OCC(N)=O. The van der Waals surface area contributed by atoms with Crippen LogP contribution in [0.2, 0.25) is 5.02 Å². The highest BCUT2D eigenvalue weighted by atomic mass is 35.5. The summed E-state index contributed by atoms with van der Waals surface area (Å²) in [5, 5.41) is 2.13. The quantitative estimate of drug-likeness (QED) is 0.797. The number of thiophene rings is 1. The maximum Gasteiger partial charge on any atom is 0.255 e. The lowest BCUT2D eigenvalue weighted by Crippen LogP contribution is -2.29. The van der Waals surface area contributed by atoms with Crippen LogP contribution in [0.4, 0.5) is 0 Å². The van der Waals surface area contributed by atoms with Crippen molar-refractivity contribution in [2.75, 3.05) is 20.8 Å². The average Bonchev–Trinajstić information content (AvgIpc) is 3.12. The van der Waals surface area contributed by atoms with Crippen molar-refractivity contribution in [3.05, 3.63) is 45.1 Å². The third-order valence-corrected chi connectivity index (χ3v) is 5.01. The molecular formula is C17H19ClN2O4S. The summed E-state index contributed by atoms with van der Waals surface area (Å²) in [6.45, 7) is 1.62. The highest BCUT2D eigenvalue weighted by Crippen LogP contribution is 2.37. The molecule has 0 bridgehead atoms. The lowest BCUT2D eigenvalue weighted by Gasteiger charge is -2.24. The number of nitrogens with zero attached hydrogens (tertiary/aromatic N) is 1. The average molecular weight is 383 g/mol. The Hall–Kier alpha value is -2.25. The molecule has 0 saturated heterocycles. The van der Waals surface area contributed by atoms with Gasteiger partial charge in [0.1, 0.15) is 0 Å². The Morgan fingerprint density at radius 2 is 2.12 bits per heavy atom. The summed E-state index contributed by atoms with van der Waals surface area (Å²) >= 11 is 7.78. The van der Waals surface area contributed by atoms with Crippen LogP contribution in [0.25, 0.3) is 0 Å². The van der Waals surface area contributed by atoms with E-state index in [2.05, 4.69) is 0 Å². The molecule has 6 nitrogen and oxygen atoms in total. The molecular weight excluding hydrogens is 364 g/mol. The summed E-state index contributed by atoms with van der Waals surface area (Å²) in [4.78, 5) is 26.4. The van der Waals surface area contributed by atoms with Crippen LogP contribution in [0.5, 0.6) is 11.5 Å². The molecule has 25 heavy (non-hydrogen) atoms. The number of methoxy groups -OCH3 is 1. The maximum atomic E-state index is 12.8. The minimum absolute atomic E-state index is 0.0805. The molecule has 0 saturated carbocycles. The van der Waals surface area contributed by atoms with Gasteiger partial charge in [0.2, 0.25) is 0 Å². The van der Waals surface area contributed by atoms with E-state index >= 15 is 0 Å². The number of hydrogen-bond acceptors (Lipinski definition) is 5. The first-order valence-corrected chi connectivity index (χ1v) is 8.70. The molecule has 0 aliphatic rings. The molecule has 8 heteroatoms. The fourth-order valence-corrected chi connectivity index (χ4v) is 3.32. The second-order valence-corrected chi connectivity index (χ2v) is 6.74. The monoisotopic (exact) mass is 382 g/mol. The lowest BCUT2D eigenvalue weighted by molar-refractivity contribution is -0.119. The molecule has 0 aliphatic heterocycles. The summed E-state index contributed by atoms with van der Waals surface area (Å²) in [6.07, 6.45) is 0. The van der Waals surface area contributed by atoms with E-state index in [0.29, 0.717) is 5.56 Å². The van der Waals surface area contributed by atoms with E-state index in [4.69, 9.17) is 26.8 Å². The number of primary amides is 1. The molecule has 1 aromatic heterocycles. The number of carbonyl (C=O) groups excluding carboxylic acids is 2. The molecule has 2 aromatic rings. The van der Waals surface area contributed by atoms with Crippen molar-refractivity contribution in [2.24, 2.45) is 5.73 Å². The minimum atomic E-state index is -0.636. The number of carbonyl (C=O) groups is 2. The van der Waals surface area contributed by atoms with Crippen molar-refractivity contribution in [1.29, 1.82) is 0 Å². The smallest absolute Gasteiger partial charge is 0.255 e. The summed E-state index contributed by atoms with van der Waals surface area (Å²) in [7, 11) is 3.15. The summed E-state index contributed by atoms with van der Waals surface area (Å²) in [5.74, 6) is -0.409. The van der Waals surface area contributed by atoms with Crippen molar-refractivity contribution in [3.63, 3.8) is 0 Å². The Balaban J connectivity index is 2.27. The number of amides is 2. The van der Waals surface area contributed by atoms with E-state index < -0.39 is 5.91 Å². The van der Waals surface area contributed by atoms with Gasteiger partial charge in [-0.15, -0.1) is 11.3 Å². The molecule has 0 aliphatic carbocycles. The highest BCUT2D eigenvalue weighted by Gasteiger charge is 2.22. The highest BCUT2D eigenvalue weighted by molar-refractivity contribution is 7.10. The molecule has 2 N–H and O–H groups in total. The largest absolute Gasteiger partial charge is 0.493 e. The topological polar surface area (TPSA) is 81.9 Å². The Labute approximate surface area is 155 Å². The number of hydrogen-bond donors (Lipinski definition) is 1. The molecule has 0 fully saturated rings. The molecule has 2 rings (SSSR count). The molecule has 1 atom stereocenters. The normalized spacial score (nSPS) is 11.7. The Kier molecular flexibility index (Phi) is 6.27. The van der Waals surface area contributed by atoms with Gasteiger partial charge in [-0.05, 0) is 30.5 Å². The van der Waals surface area contributed by atoms with Crippen molar-refractivity contribution in [3.8, 4) is 11.5 Å². The molecule has 0 spiro atoms. The Morgan fingerprint density at radius 3 is 2.68 bits per heavy atom. The van der Waals surface area contributed by atoms with Crippen LogP contribution in [0.3, 0.4) is 0 Å². The van der Waals surface area contributed by atoms with Gasteiger partial charge in [-0.1, -0.05) is 17.7 Å². The number of rotatable bonds is 7. The zero-order chi connectivity index (χ0) is 18.6. The van der Waals surface area contributed by atoms with E-state index in [1.54, 1.807) is 23.3 Å². The van der Waals surface area contributed by atoms with Crippen LogP contribution in [0.15, 0.2) is 29.6 Å². The van der Waals surface area contributed by atoms with Crippen molar-refractivity contribution in [2.45, 2.75) is 13.0 Å². The minimum Gasteiger partial charge on any atom is -0.493 e. The molecule has 1 aromatic carbocycles. The first-order valence-electron chi connectivity index (χ1n) is 7.44. The number of ether oxygens (including phenoxy) is 2. The van der Waals surface area contributed by atoms with Gasteiger partial charge in [0, 0.05) is 17.5 Å². The lowest BCUT2D eigenvalue weighted by atomic mass is 10.1. The van der Waals surface area contributed by atoms with Gasteiger partial charge in [0.25, 0.3) is 11.8 Å². The van der Waals surface area contributed by atoms with Gasteiger partial charge < -0.3 is 20.1 Å². The van der Waals surface area contributed by atoms with E-state index in [1.807, 2.05) is 24.4 Å². The fraction of sp³-hybridized carbons (Fsp3) is 0.294. The van der Waals surface area contributed by atoms with Crippen molar-refractivity contribution < 1.29 is 19.1 Å². The summed E-state index contributed by atoms with van der Waals surface area (Å²) < 4.78 is 10.5. The van der Waals surface area contributed by atoms with Crippen LogP contribution >= 0.6 is 22.9 Å². The van der Waals surface area contributed by atoms with Crippen LogP contribution in [-0.2, 0) is 4.79 Å². The van der Waals surface area contributed by atoms with E-state index in [0.717, 1.165) is 4.88 Å². The number of halogens is 1. The third kappa shape index (κ3) is 4.43. The summed E-state index contributed by atoms with van der Waals surface area (Å²) in [6, 6.07) is 6.86. The standard InChI is InChI=1S/C17H19ClN2O4S/c1-10(14-5-4-6-25-14)20(2)17(22)11-7-12(18)16(13(8-11)23-3)24-9-15(19)21/h4-8,10H,9H2,1-3H3,(H2,19,21)/t10-/m1/s1.